The third-order valence-corrected chi connectivity index (χ3v) is 6.73. The van der Waals surface area contributed by atoms with Gasteiger partial charge in [-0.25, -0.2) is 4.79 Å². The first kappa shape index (κ1) is 27.0. The smallest absolute Gasteiger partial charge is 0.408 e. The van der Waals surface area contributed by atoms with Crippen molar-refractivity contribution in [2.75, 3.05) is 6.61 Å². The lowest BCUT2D eigenvalue weighted by molar-refractivity contribution is -0.148. The zero-order valence-electron chi connectivity index (χ0n) is 21.5. The Kier molecular flexibility index (Phi) is 9.16. The molecule has 2 atom stereocenters. The number of hydrogen-bond donors (Lipinski definition) is 3. The van der Waals surface area contributed by atoms with Crippen LogP contribution in [0, 0.1) is 6.92 Å². The van der Waals surface area contributed by atoms with E-state index in [0.29, 0.717) is 0 Å². The van der Waals surface area contributed by atoms with Gasteiger partial charge in [0, 0.05) is 12.1 Å². The molecular formula is C27H41N3O5. The summed E-state index contributed by atoms with van der Waals surface area (Å²) < 4.78 is 5.30. The molecule has 0 aliphatic heterocycles. The number of nitrogens with zero attached hydrogens (tertiary/aromatic N) is 1. The first-order valence-corrected chi connectivity index (χ1v) is 12.9. The highest BCUT2D eigenvalue weighted by atomic mass is 16.6. The minimum absolute atomic E-state index is 0.0930. The van der Waals surface area contributed by atoms with Crippen LogP contribution in [-0.4, -0.2) is 58.2 Å². The van der Waals surface area contributed by atoms with Gasteiger partial charge in [0.05, 0.1) is 6.61 Å². The second kappa shape index (κ2) is 11.9. The first-order chi connectivity index (χ1) is 16.6. The fourth-order valence-corrected chi connectivity index (χ4v) is 4.80. The fourth-order valence-electron chi connectivity index (χ4n) is 4.80. The molecule has 2 fully saturated rings. The van der Waals surface area contributed by atoms with E-state index in [4.69, 9.17) is 4.74 Å². The van der Waals surface area contributed by atoms with Gasteiger partial charge >= 0.3 is 6.09 Å². The number of hydrogen-bond acceptors (Lipinski definition) is 5. The van der Waals surface area contributed by atoms with Crippen LogP contribution in [0.5, 0.6) is 0 Å². The van der Waals surface area contributed by atoms with E-state index < -0.39 is 36.3 Å². The summed E-state index contributed by atoms with van der Waals surface area (Å²) in [6.07, 6.45) is 6.93. The molecule has 8 nitrogen and oxygen atoms in total. The van der Waals surface area contributed by atoms with E-state index in [1.165, 1.54) is 6.42 Å². The van der Waals surface area contributed by atoms with Crippen molar-refractivity contribution in [3.05, 3.63) is 35.4 Å². The third-order valence-electron chi connectivity index (χ3n) is 6.73. The van der Waals surface area contributed by atoms with Gasteiger partial charge in [-0.05, 0) is 65.4 Å². The van der Waals surface area contributed by atoms with Crippen molar-refractivity contribution in [3.8, 4) is 0 Å². The molecule has 0 spiro atoms. The Morgan fingerprint density at radius 3 is 2.31 bits per heavy atom. The normalized spacial score (nSPS) is 18.7. The molecule has 35 heavy (non-hydrogen) atoms. The van der Waals surface area contributed by atoms with Crippen LogP contribution in [0.4, 0.5) is 4.79 Å². The van der Waals surface area contributed by atoms with Crippen molar-refractivity contribution in [2.45, 2.75) is 109 Å². The van der Waals surface area contributed by atoms with E-state index >= 15 is 0 Å². The predicted octanol–water partition coefficient (Wildman–Crippen LogP) is 3.75. The lowest BCUT2D eigenvalue weighted by Gasteiger charge is -2.44. The van der Waals surface area contributed by atoms with Crippen molar-refractivity contribution in [3.63, 3.8) is 0 Å². The van der Waals surface area contributed by atoms with Gasteiger partial charge in [0.15, 0.2) is 0 Å². The number of aliphatic hydroxyl groups is 1. The van der Waals surface area contributed by atoms with E-state index in [0.717, 1.165) is 56.1 Å². The number of ether oxygens (including phenoxy) is 1. The monoisotopic (exact) mass is 487 g/mol. The molecule has 0 aromatic heterocycles. The Morgan fingerprint density at radius 1 is 1.09 bits per heavy atom. The van der Waals surface area contributed by atoms with Crippen molar-refractivity contribution >= 4 is 17.9 Å². The number of carbonyl (C=O) groups excluding carboxylic acids is 3. The van der Waals surface area contributed by atoms with E-state index in [9.17, 15) is 19.5 Å². The molecule has 2 aliphatic rings. The van der Waals surface area contributed by atoms with Gasteiger partial charge < -0.3 is 25.4 Å². The second-order valence-electron chi connectivity index (χ2n) is 10.9. The molecule has 1 aromatic rings. The van der Waals surface area contributed by atoms with Crippen molar-refractivity contribution < 1.29 is 24.2 Å². The quantitative estimate of drug-likeness (QED) is 0.518. The second-order valence-corrected chi connectivity index (χ2v) is 10.9. The van der Waals surface area contributed by atoms with E-state index in [1.54, 1.807) is 25.7 Å². The maximum absolute atomic E-state index is 13.8. The summed E-state index contributed by atoms with van der Waals surface area (Å²) >= 11 is 0. The van der Waals surface area contributed by atoms with Crippen molar-refractivity contribution in [2.24, 2.45) is 0 Å². The molecule has 0 saturated heterocycles. The predicted molar refractivity (Wildman–Crippen MR) is 134 cm³/mol. The zero-order chi connectivity index (χ0) is 25.6. The molecular weight excluding hydrogens is 446 g/mol. The summed E-state index contributed by atoms with van der Waals surface area (Å²) in [4.78, 5) is 41.6. The highest BCUT2D eigenvalue weighted by molar-refractivity contribution is 5.92. The van der Waals surface area contributed by atoms with Gasteiger partial charge in [-0.1, -0.05) is 49.1 Å². The van der Waals surface area contributed by atoms with Crippen LogP contribution in [0.1, 0.15) is 89.3 Å². The SMILES string of the molecule is Cc1cccc(C(C(=O)NC2CCCCC2)N(C(=O)C(CO)NC(=O)OC(C)(C)C)C2CCC2)c1. The van der Waals surface area contributed by atoms with Gasteiger partial charge in [0.25, 0.3) is 0 Å². The lowest BCUT2D eigenvalue weighted by atomic mass is 9.87. The number of aliphatic hydroxyl groups excluding tert-OH is 1. The molecule has 3 N–H and O–H groups in total. The number of benzene rings is 1. The van der Waals surface area contributed by atoms with Crippen LogP contribution in [0.2, 0.25) is 0 Å². The minimum atomic E-state index is -1.21. The molecule has 1 aromatic carbocycles. The zero-order valence-corrected chi connectivity index (χ0v) is 21.5. The Balaban J connectivity index is 1.91. The molecule has 8 heteroatoms. The highest BCUT2D eigenvalue weighted by Crippen LogP contribution is 2.34. The summed E-state index contributed by atoms with van der Waals surface area (Å²) in [5.74, 6) is -0.690. The number of amides is 3. The van der Waals surface area contributed by atoms with Gasteiger partial charge in [-0.3, -0.25) is 9.59 Å². The molecule has 2 unspecified atom stereocenters. The molecule has 0 heterocycles. The van der Waals surface area contributed by atoms with Gasteiger partial charge in [0.2, 0.25) is 11.8 Å². The summed E-state index contributed by atoms with van der Waals surface area (Å²) in [6.45, 7) is 6.55. The maximum atomic E-state index is 13.8. The molecule has 194 valence electrons. The largest absolute Gasteiger partial charge is 0.444 e. The van der Waals surface area contributed by atoms with Crippen LogP contribution in [-0.2, 0) is 14.3 Å². The summed E-state index contributed by atoms with van der Waals surface area (Å²) in [7, 11) is 0. The Hall–Kier alpha value is -2.61. The maximum Gasteiger partial charge on any atom is 0.408 e. The topological polar surface area (TPSA) is 108 Å². The van der Waals surface area contributed by atoms with E-state index in [-0.39, 0.29) is 18.0 Å². The highest BCUT2D eigenvalue weighted by Gasteiger charge is 2.42. The van der Waals surface area contributed by atoms with Crippen molar-refractivity contribution in [1.82, 2.24) is 15.5 Å². The number of alkyl carbamates (subject to hydrolysis) is 1. The molecule has 2 saturated carbocycles. The van der Waals surface area contributed by atoms with E-state index in [2.05, 4.69) is 10.6 Å². The standard InChI is InChI=1S/C27H41N3O5/c1-18-10-8-11-19(16-18)23(24(32)28-20-12-6-5-7-13-20)30(21-14-9-15-21)25(33)22(17-31)29-26(34)35-27(2,3)4/h8,10-11,16,20-23,31H,5-7,9,12-15,17H2,1-4H3,(H,28,32)(H,29,34). The third kappa shape index (κ3) is 7.43. The van der Waals surface area contributed by atoms with E-state index in [1.807, 2.05) is 31.2 Å². The molecule has 2 aliphatic carbocycles. The Morgan fingerprint density at radius 2 is 1.77 bits per heavy atom. The number of rotatable bonds is 8. The van der Waals surface area contributed by atoms with Crippen LogP contribution in [0.3, 0.4) is 0 Å². The number of aryl methyl sites for hydroxylation is 1. The molecule has 3 rings (SSSR count). The van der Waals surface area contributed by atoms with Gasteiger partial charge in [0.1, 0.15) is 17.7 Å². The minimum Gasteiger partial charge on any atom is -0.444 e. The molecule has 0 bridgehead atoms. The average Bonchev–Trinajstić information content (AvgIpc) is 2.75. The average molecular weight is 488 g/mol. The van der Waals surface area contributed by atoms with Crippen LogP contribution in [0.25, 0.3) is 0 Å². The summed E-state index contributed by atoms with van der Waals surface area (Å²) in [5.41, 5.74) is 0.974. The lowest BCUT2D eigenvalue weighted by Crippen LogP contribution is -2.59. The van der Waals surface area contributed by atoms with Gasteiger partial charge in [-0.2, -0.15) is 0 Å². The Labute approximate surface area is 208 Å². The van der Waals surface area contributed by atoms with Crippen molar-refractivity contribution in [1.29, 1.82) is 0 Å². The molecule has 3 amide bonds. The van der Waals surface area contributed by atoms with Crippen LogP contribution in [0.15, 0.2) is 24.3 Å². The number of carbonyl (C=O) groups is 3. The van der Waals surface area contributed by atoms with Gasteiger partial charge in [-0.15, -0.1) is 0 Å². The Bertz CT molecular complexity index is 887. The van der Waals surface area contributed by atoms with Crippen LogP contribution >= 0.6 is 0 Å². The number of nitrogens with one attached hydrogen (secondary N) is 2. The van der Waals surface area contributed by atoms with Crippen LogP contribution < -0.4 is 10.6 Å². The first-order valence-electron chi connectivity index (χ1n) is 12.9. The fraction of sp³-hybridized carbons (Fsp3) is 0.667. The summed E-state index contributed by atoms with van der Waals surface area (Å²) in [6, 6.07) is 5.54. The molecule has 0 radical (unpaired) electrons. The summed E-state index contributed by atoms with van der Waals surface area (Å²) in [5, 5.41) is 15.8.